The Morgan fingerprint density at radius 3 is 2.92 bits per heavy atom. The van der Waals surface area contributed by atoms with Gasteiger partial charge >= 0.3 is 0 Å². The normalized spacial score (nSPS) is 9.69. The first-order valence-electron chi connectivity index (χ1n) is 4.04. The zero-order chi connectivity index (χ0) is 9.68. The molecule has 1 aromatic rings. The van der Waals surface area contributed by atoms with Crippen molar-refractivity contribution in [2.45, 2.75) is 12.8 Å². The molecule has 0 saturated heterocycles. The Hall–Kier alpha value is -1.02. The summed E-state index contributed by atoms with van der Waals surface area (Å²) in [6, 6.07) is 5.43. The number of halogens is 1. The van der Waals surface area contributed by atoms with E-state index in [1.165, 1.54) is 0 Å². The molecule has 0 aliphatic carbocycles. The Labute approximate surface area is 82.5 Å². The summed E-state index contributed by atoms with van der Waals surface area (Å²) in [5, 5.41) is 0.645. The van der Waals surface area contributed by atoms with Gasteiger partial charge in [-0.3, -0.25) is 0 Å². The Kier molecular flexibility index (Phi) is 3.77. The predicted molar refractivity (Wildman–Crippen MR) is 52.4 cm³/mol. The molecule has 0 amide bonds. The zero-order valence-corrected chi connectivity index (χ0v) is 8.17. The fourth-order valence-corrected chi connectivity index (χ4v) is 1.30. The molecule has 3 heteroatoms. The van der Waals surface area contributed by atoms with Crippen molar-refractivity contribution in [2.75, 3.05) is 7.11 Å². The first kappa shape index (κ1) is 10.1. The molecule has 1 rings (SSSR count). The summed E-state index contributed by atoms with van der Waals surface area (Å²) in [6.45, 7) is 0. The predicted octanol–water partition coefficient (Wildman–Crippen LogP) is 2.48. The second-order valence-corrected chi connectivity index (χ2v) is 3.10. The van der Waals surface area contributed by atoms with Gasteiger partial charge in [0.05, 0.1) is 7.11 Å². The van der Waals surface area contributed by atoms with Crippen molar-refractivity contribution in [3.63, 3.8) is 0 Å². The van der Waals surface area contributed by atoms with Gasteiger partial charge in [0.25, 0.3) is 0 Å². The topological polar surface area (TPSA) is 26.3 Å². The molecule has 0 aliphatic rings. The third-order valence-electron chi connectivity index (χ3n) is 1.78. The average Bonchev–Trinajstić information content (AvgIpc) is 2.16. The maximum absolute atomic E-state index is 10.2. The molecular formula is C10H11ClO2. The Bertz CT molecular complexity index is 297. The van der Waals surface area contributed by atoms with E-state index in [0.717, 1.165) is 17.6 Å². The van der Waals surface area contributed by atoms with Gasteiger partial charge in [0.2, 0.25) is 0 Å². The van der Waals surface area contributed by atoms with Gasteiger partial charge in [0.1, 0.15) is 12.0 Å². The van der Waals surface area contributed by atoms with Gasteiger partial charge in [-0.05, 0) is 24.1 Å². The summed E-state index contributed by atoms with van der Waals surface area (Å²) in [5.74, 6) is 0.745. The molecule has 0 heterocycles. The number of aldehydes is 1. The van der Waals surface area contributed by atoms with E-state index in [1.54, 1.807) is 19.2 Å². The number of aryl methyl sites for hydroxylation is 1. The SMILES string of the molecule is COc1cc(Cl)ccc1CCC=O. The molecule has 0 bridgehead atoms. The summed E-state index contributed by atoms with van der Waals surface area (Å²) >= 11 is 5.78. The highest BCUT2D eigenvalue weighted by Crippen LogP contribution is 2.23. The van der Waals surface area contributed by atoms with E-state index in [1.807, 2.05) is 6.07 Å². The van der Waals surface area contributed by atoms with Crippen LogP contribution in [0.5, 0.6) is 5.75 Å². The molecule has 0 aliphatic heterocycles. The van der Waals surface area contributed by atoms with Crippen LogP contribution in [0, 0.1) is 0 Å². The number of hydrogen-bond donors (Lipinski definition) is 0. The number of benzene rings is 1. The van der Waals surface area contributed by atoms with Crippen molar-refractivity contribution in [3.05, 3.63) is 28.8 Å². The van der Waals surface area contributed by atoms with Crippen molar-refractivity contribution < 1.29 is 9.53 Å². The molecular weight excluding hydrogens is 188 g/mol. The highest BCUT2D eigenvalue weighted by molar-refractivity contribution is 6.30. The van der Waals surface area contributed by atoms with Crippen molar-refractivity contribution in [1.82, 2.24) is 0 Å². The van der Waals surface area contributed by atoms with Crippen LogP contribution >= 0.6 is 11.6 Å². The minimum absolute atomic E-state index is 0.512. The van der Waals surface area contributed by atoms with Gasteiger partial charge in [-0.25, -0.2) is 0 Å². The quantitative estimate of drug-likeness (QED) is 0.695. The summed E-state index contributed by atoms with van der Waals surface area (Å²) in [7, 11) is 1.59. The molecule has 0 atom stereocenters. The van der Waals surface area contributed by atoms with Crippen LogP contribution in [0.1, 0.15) is 12.0 Å². The second-order valence-electron chi connectivity index (χ2n) is 2.66. The van der Waals surface area contributed by atoms with Crippen molar-refractivity contribution in [1.29, 1.82) is 0 Å². The van der Waals surface area contributed by atoms with E-state index >= 15 is 0 Å². The average molecular weight is 199 g/mol. The minimum atomic E-state index is 0.512. The number of carbonyl (C=O) groups is 1. The van der Waals surface area contributed by atoms with Gasteiger partial charge in [0.15, 0.2) is 0 Å². The lowest BCUT2D eigenvalue weighted by atomic mass is 10.1. The molecule has 2 nitrogen and oxygen atoms in total. The summed E-state index contributed by atoms with van der Waals surface area (Å²) in [4.78, 5) is 10.2. The van der Waals surface area contributed by atoms with Crippen LogP contribution in [0.2, 0.25) is 5.02 Å². The Morgan fingerprint density at radius 2 is 2.31 bits per heavy atom. The molecule has 1 aromatic carbocycles. The monoisotopic (exact) mass is 198 g/mol. The van der Waals surface area contributed by atoms with E-state index in [4.69, 9.17) is 16.3 Å². The van der Waals surface area contributed by atoms with Crippen molar-refractivity contribution >= 4 is 17.9 Å². The van der Waals surface area contributed by atoms with Crippen LogP contribution in [0.3, 0.4) is 0 Å². The number of ether oxygens (including phenoxy) is 1. The first-order chi connectivity index (χ1) is 6.27. The summed E-state index contributed by atoms with van der Waals surface area (Å²) < 4.78 is 5.12. The highest BCUT2D eigenvalue weighted by Gasteiger charge is 2.02. The van der Waals surface area contributed by atoms with E-state index in [9.17, 15) is 4.79 Å². The fraction of sp³-hybridized carbons (Fsp3) is 0.300. The maximum Gasteiger partial charge on any atom is 0.123 e. The van der Waals surface area contributed by atoms with Crippen molar-refractivity contribution in [2.24, 2.45) is 0 Å². The van der Waals surface area contributed by atoms with Crippen LogP contribution in [0.15, 0.2) is 18.2 Å². The van der Waals surface area contributed by atoms with Crippen LogP contribution in [0.25, 0.3) is 0 Å². The lowest BCUT2D eigenvalue weighted by Crippen LogP contribution is -1.92. The lowest BCUT2D eigenvalue weighted by Gasteiger charge is -2.06. The molecule has 0 saturated carbocycles. The number of carbonyl (C=O) groups excluding carboxylic acids is 1. The smallest absolute Gasteiger partial charge is 0.123 e. The molecule has 70 valence electrons. The van der Waals surface area contributed by atoms with E-state index in [-0.39, 0.29) is 0 Å². The zero-order valence-electron chi connectivity index (χ0n) is 7.42. The molecule has 0 aromatic heterocycles. The van der Waals surface area contributed by atoms with Gasteiger partial charge in [-0.2, -0.15) is 0 Å². The second kappa shape index (κ2) is 4.87. The van der Waals surface area contributed by atoms with Crippen LogP contribution in [0.4, 0.5) is 0 Å². The fourth-order valence-electron chi connectivity index (χ4n) is 1.14. The lowest BCUT2D eigenvalue weighted by molar-refractivity contribution is -0.107. The molecule has 0 radical (unpaired) electrons. The maximum atomic E-state index is 10.2. The van der Waals surface area contributed by atoms with E-state index in [2.05, 4.69) is 0 Å². The van der Waals surface area contributed by atoms with Crippen LogP contribution in [-0.4, -0.2) is 13.4 Å². The molecule has 0 unspecified atom stereocenters. The van der Waals surface area contributed by atoms with Gasteiger partial charge in [0, 0.05) is 11.4 Å². The first-order valence-corrected chi connectivity index (χ1v) is 4.41. The standard InChI is InChI=1S/C10H11ClO2/c1-13-10-7-9(11)5-4-8(10)3-2-6-12/h4-7H,2-3H2,1H3. The minimum Gasteiger partial charge on any atom is -0.496 e. The van der Waals surface area contributed by atoms with Crippen molar-refractivity contribution in [3.8, 4) is 5.75 Å². The summed E-state index contributed by atoms with van der Waals surface area (Å²) in [5.41, 5.74) is 1.01. The number of hydrogen-bond acceptors (Lipinski definition) is 2. The summed E-state index contributed by atoms with van der Waals surface area (Å²) in [6.07, 6.45) is 2.11. The van der Waals surface area contributed by atoms with Crippen LogP contribution in [-0.2, 0) is 11.2 Å². The molecule has 0 fully saturated rings. The van der Waals surface area contributed by atoms with Gasteiger partial charge < -0.3 is 9.53 Å². The molecule has 13 heavy (non-hydrogen) atoms. The van der Waals surface area contributed by atoms with E-state index < -0.39 is 0 Å². The number of methoxy groups -OCH3 is 1. The van der Waals surface area contributed by atoms with Crippen LogP contribution < -0.4 is 4.74 Å². The third-order valence-corrected chi connectivity index (χ3v) is 2.02. The largest absolute Gasteiger partial charge is 0.496 e. The number of rotatable bonds is 4. The van der Waals surface area contributed by atoms with Gasteiger partial charge in [-0.1, -0.05) is 17.7 Å². The van der Waals surface area contributed by atoms with Gasteiger partial charge in [-0.15, -0.1) is 0 Å². The molecule has 0 N–H and O–H groups in total. The third kappa shape index (κ3) is 2.74. The Morgan fingerprint density at radius 1 is 1.54 bits per heavy atom. The highest BCUT2D eigenvalue weighted by atomic mass is 35.5. The Balaban J connectivity index is 2.85. The molecule has 0 spiro atoms. The van der Waals surface area contributed by atoms with E-state index in [0.29, 0.717) is 17.9 Å².